The average Bonchev–Trinajstić information content (AvgIpc) is 3.06. The summed E-state index contributed by atoms with van der Waals surface area (Å²) < 4.78 is 38.9. The summed E-state index contributed by atoms with van der Waals surface area (Å²) in [5, 5.41) is 0. The molecule has 7 heteroatoms. The molecule has 26 heavy (non-hydrogen) atoms. The molecule has 2 atom stereocenters. The fourth-order valence-corrected chi connectivity index (χ4v) is 3.53. The van der Waals surface area contributed by atoms with E-state index in [2.05, 4.69) is 0 Å². The van der Waals surface area contributed by atoms with Gasteiger partial charge in [-0.15, -0.1) is 0 Å². The van der Waals surface area contributed by atoms with Gasteiger partial charge in [0.2, 0.25) is 5.91 Å². The summed E-state index contributed by atoms with van der Waals surface area (Å²) in [5.74, 6) is 0.0658. The second-order valence-corrected chi connectivity index (χ2v) is 7.29. The minimum absolute atomic E-state index is 0.0113. The lowest BCUT2D eigenvalue weighted by Gasteiger charge is -2.29. The van der Waals surface area contributed by atoms with Crippen LogP contribution in [0.1, 0.15) is 30.4 Å². The van der Waals surface area contributed by atoms with Crippen LogP contribution >= 0.6 is 0 Å². The molecule has 0 aromatic heterocycles. The summed E-state index contributed by atoms with van der Waals surface area (Å²) in [5.41, 5.74) is 5.61. The third-order valence-electron chi connectivity index (χ3n) is 5.04. The zero-order chi connectivity index (χ0) is 19.3. The average molecular weight is 371 g/mol. The molecule has 0 saturated heterocycles. The number of hydrogen-bond donors (Lipinski definition) is 1. The Morgan fingerprint density at radius 2 is 1.96 bits per heavy atom. The number of carbonyl (C=O) groups excluding carboxylic acids is 1. The van der Waals surface area contributed by atoms with Gasteiger partial charge in [-0.1, -0.05) is 18.6 Å². The predicted octanol–water partition coefficient (Wildman–Crippen LogP) is 2.97. The van der Waals surface area contributed by atoms with Gasteiger partial charge in [0, 0.05) is 25.6 Å². The molecule has 0 spiro atoms. The first kappa shape index (κ1) is 20.7. The Morgan fingerprint density at radius 3 is 2.58 bits per heavy atom. The van der Waals surface area contributed by atoms with E-state index in [1.807, 2.05) is 19.0 Å². The first-order valence-electron chi connectivity index (χ1n) is 9.02. The molecule has 2 N–H and O–H groups in total. The maximum Gasteiger partial charge on any atom is 0.416 e. The van der Waals surface area contributed by atoms with Gasteiger partial charge in [0.25, 0.3) is 0 Å². The van der Waals surface area contributed by atoms with Crippen molar-refractivity contribution in [3.63, 3.8) is 0 Å². The molecule has 1 aliphatic carbocycles. The van der Waals surface area contributed by atoms with E-state index < -0.39 is 11.7 Å². The zero-order valence-corrected chi connectivity index (χ0v) is 15.4. The maximum absolute atomic E-state index is 13.0. The Balaban J connectivity index is 2.18. The number of nitrogens with zero attached hydrogens (tertiary/aromatic N) is 2. The number of hydrogen-bond acceptors (Lipinski definition) is 3. The van der Waals surface area contributed by atoms with Crippen LogP contribution < -0.4 is 5.73 Å². The van der Waals surface area contributed by atoms with Crippen LogP contribution in [0.4, 0.5) is 13.2 Å². The Morgan fingerprint density at radius 1 is 1.23 bits per heavy atom. The third-order valence-corrected chi connectivity index (χ3v) is 5.04. The first-order chi connectivity index (χ1) is 12.2. The number of alkyl halides is 3. The molecule has 0 radical (unpaired) electrons. The summed E-state index contributed by atoms with van der Waals surface area (Å²) in [7, 11) is 3.82. The number of likely N-dealkylation sites (N-methyl/N-ethyl adjacent to an activating group) is 1. The zero-order valence-electron chi connectivity index (χ0n) is 15.4. The molecular weight excluding hydrogens is 343 g/mol. The van der Waals surface area contributed by atoms with Crippen molar-refractivity contribution in [3.05, 3.63) is 35.4 Å². The van der Waals surface area contributed by atoms with Gasteiger partial charge in [0.1, 0.15) is 0 Å². The van der Waals surface area contributed by atoms with Crippen molar-refractivity contribution in [2.75, 3.05) is 33.7 Å². The second kappa shape index (κ2) is 8.86. The predicted molar refractivity (Wildman–Crippen MR) is 95.3 cm³/mol. The van der Waals surface area contributed by atoms with E-state index in [-0.39, 0.29) is 24.3 Å². The van der Waals surface area contributed by atoms with Gasteiger partial charge >= 0.3 is 6.18 Å². The molecule has 1 fully saturated rings. The first-order valence-corrected chi connectivity index (χ1v) is 9.02. The van der Waals surface area contributed by atoms with E-state index in [0.29, 0.717) is 25.2 Å². The summed E-state index contributed by atoms with van der Waals surface area (Å²) in [6, 6.07) is 5.22. The largest absolute Gasteiger partial charge is 0.416 e. The van der Waals surface area contributed by atoms with Gasteiger partial charge < -0.3 is 15.5 Å². The van der Waals surface area contributed by atoms with E-state index in [0.717, 1.165) is 31.4 Å². The Hall–Kier alpha value is -1.60. The summed E-state index contributed by atoms with van der Waals surface area (Å²) >= 11 is 0. The van der Waals surface area contributed by atoms with E-state index in [4.69, 9.17) is 5.73 Å². The van der Waals surface area contributed by atoms with Crippen LogP contribution in [0, 0.1) is 11.8 Å². The molecule has 2 rings (SSSR count). The molecule has 4 nitrogen and oxygen atoms in total. The van der Waals surface area contributed by atoms with Gasteiger partial charge in [-0.3, -0.25) is 4.79 Å². The SMILES string of the molecule is CN(C)CCN(Cc1cccc(C(F)(F)F)c1)C(=O)[C@@H]1CCC[C@@H]1CN. The van der Waals surface area contributed by atoms with Crippen molar-refractivity contribution in [1.29, 1.82) is 0 Å². The van der Waals surface area contributed by atoms with Gasteiger partial charge in [-0.25, -0.2) is 0 Å². The van der Waals surface area contributed by atoms with Crippen molar-refractivity contribution >= 4 is 5.91 Å². The molecule has 0 heterocycles. The van der Waals surface area contributed by atoms with Crippen LogP contribution in [0.2, 0.25) is 0 Å². The second-order valence-electron chi connectivity index (χ2n) is 7.29. The number of amides is 1. The maximum atomic E-state index is 13.0. The van der Waals surface area contributed by atoms with Gasteiger partial charge in [0.15, 0.2) is 0 Å². The minimum Gasteiger partial charge on any atom is -0.337 e. The van der Waals surface area contributed by atoms with Crippen molar-refractivity contribution in [3.8, 4) is 0 Å². The molecule has 1 aliphatic rings. The lowest BCUT2D eigenvalue weighted by atomic mass is 9.94. The normalized spacial score (nSPS) is 20.6. The smallest absolute Gasteiger partial charge is 0.337 e. The minimum atomic E-state index is -4.38. The van der Waals surface area contributed by atoms with Gasteiger partial charge in [-0.2, -0.15) is 13.2 Å². The van der Waals surface area contributed by atoms with Gasteiger partial charge in [-0.05, 0) is 57.1 Å². The summed E-state index contributed by atoms with van der Waals surface area (Å²) in [6.07, 6.45) is -1.66. The van der Waals surface area contributed by atoms with Crippen molar-refractivity contribution in [2.24, 2.45) is 17.6 Å². The van der Waals surface area contributed by atoms with Crippen LogP contribution in [0.5, 0.6) is 0 Å². The molecule has 146 valence electrons. The number of rotatable bonds is 7. The van der Waals surface area contributed by atoms with E-state index in [1.54, 1.807) is 11.0 Å². The van der Waals surface area contributed by atoms with E-state index >= 15 is 0 Å². The van der Waals surface area contributed by atoms with E-state index in [9.17, 15) is 18.0 Å². The molecule has 1 aromatic rings. The van der Waals surface area contributed by atoms with Crippen LogP contribution in [0.25, 0.3) is 0 Å². The number of benzene rings is 1. The van der Waals surface area contributed by atoms with Crippen molar-refractivity contribution < 1.29 is 18.0 Å². The molecule has 0 aliphatic heterocycles. The molecule has 0 bridgehead atoms. The molecule has 1 amide bonds. The molecular formula is C19H28F3N3O. The fourth-order valence-electron chi connectivity index (χ4n) is 3.53. The third kappa shape index (κ3) is 5.45. The quantitative estimate of drug-likeness (QED) is 0.802. The highest BCUT2D eigenvalue weighted by Gasteiger charge is 2.35. The van der Waals surface area contributed by atoms with Crippen LogP contribution in [0.15, 0.2) is 24.3 Å². The Labute approximate surface area is 153 Å². The Bertz CT molecular complexity index is 604. The van der Waals surface area contributed by atoms with E-state index in [1.165, 1.54) is 6.07 Å². The van der Waals surface area contributed by atoms with Crippen LogP contribution in [-0.2, 0) is 17.5 Å². The standard InChI is InChI=1S/C19H28F3N3O/c1-24(2)9-10-25(18(26)17-8-4-6-15(17)12-23)13-14-5-3-7-16(11-14)19(20,21)22/h3,5,7,11,15,17H,4,6,8-10,12-13,23H2,1-2H3/t15-,17-/m1/s1. The topological polar surface area (TPSA) is 49.6 Å². The van der Waals surface area contributed by atoms with Gasteiger partial charge in [0.05, 0.1) is 5.56 Å². The lowest BCUT2D eigenvalue weighted by Crippen LogP contribution is -2.41. The highest BCUT2D eigenvalue weighted by atomic mass is 19.4. The summed E-state index contributed by atoms with van der Waals surface area (Å²) in [6.45, 7) is 1.80. The molecule has 1 saturated carbocycles. The highest BCUT2D eigenvalue weighted by Crippen LogP contribution is 2.33. The Kier molecular flexibility index (Phi) is 7.06. The van der Waals surface area contributed by atoms with Crippen molar-refractivity contribution in [2.45, 2.75) is 32.0 Å². The fraction of sp³-hybridized carbons (Fsp3) is 0.632. The molecule has 0 unspecified atom stereocenters. The lowest BCUT2D eigenvalue weighted by molar-refractivity contribution is -0.137. The highest BCUT2D eigenvalue weighted by molar-refractivity contribution is 5.79. The summed E-state index contributed by atoms with van der Waals surface area (Å²) in [4.78, 5) is 16.7. The monoisotopic (exact) mass is 371 g/mol. The van der Waals surface area contributed by atoms with Crippen LogP contribution in [0.3, 0.4) is 0 Å². The molecule has 1 aromatic carbocycles. The van der Waals surface area contributed by atoms with Crippen LogP contribution in [-0.4, -0.2) is 49.4 Å². The number of nitrogens with two attached hydrogens (primary N) is 1. The van der Waals surface area contributed by atoms with Crippen molar-refractivity contribution in [1.82, 2.24) is 9.80 Å². The number of halogens is 3. The number of carbonyl (C=O) groups is 1.